The number of carbonyl (C=O) groups excluding carboxylic acids is 1. The number of alkyl halides is 1. The van der Waals surface area contributed by atoms with E-state index >= 15 is 0 Å². The van der Waals surface area contributed by atoms with E-state index in [2.05, 4.69) is 10.6 Å². The van der Waals surface area contributed by atoms with Crippen LogP contribution in [0, 0.1) is 5.41 Å². The first-order chi connectivity index (χ1) is 20.8. The third kappa shape index (κ3) is 6.73. The molecule has 11 nitrogen and oxygen atoms in total. The smallest absolute Gasteiger partial charge is 0.321 e. The van der Waals surface area contributed by atoms with E-state index in [9.17, 15) is 38.0 Å². The van der Waals surface area contributed by atoms with Gasteiger partial charge < -0.3 is 40.7 Å². The van der Waals surface area contributed by atoms with E-state index < -0.39 is 70.6 Å². The summed E-state index contributed by atoms with van der Waals surface area (Å²) in [5, 5.41) is 46.7. The summed E-state index contributed by atoms with van der Waals surface area (Å²) in [6, 6.07) is 11.0. The third-order valence-corrected chi connectivity index (χ3v) is 10.9. The average Bonchev–Trinajstić information content (AvgIpc) is 3.06. The lowest BCUT2D eigenvalue weighted by molar-refractivity contribution is -0.215. The molecule has 4 rings (SSSR count). The van der Waals surface area contributed by atoms with E-state index in [1.54, 1.807) is 42.5 Å². The van der Waals surface area contributed by atoms with Crippen molar-refractivity contribution in [2.24, 2.45) is 5.41 Å². The van der Waals surface area contributed by atoms with Crippen LogP contribution in [-0.2, 0) is 14.6 Å². The number of anilines is 2. The van der Waals surface area contributed by atoms with E-state index in [1.165, 1.54) is 0 Å². The maximum atomic E-state index is 14.1. The number of hydrogen-bond donors (Lipinski definition) is 6. The van der Waals surface area contributed by atoms with Crippen molar-refractivity contribution in [3.8, 4) is 0 Å². The fourth-order valence-electron chi connectivity index (χ4n) is 6.30. The molecule has 1 fully saturated rings. The van der Waals surface area contributed by atoms with Crippen LogP contribution < -0.4 is 15.5 Å². The summed E-state index contributed by atoms with van der Waals surface area (Å²) in [7, 11) is -0.0742. The maximum absolute atomic E-state index is 14.1. The number of hydrogen-bond acceptors (Lipinski definition) is 9. The van der Waals surface area contributed by atoms with E-state index in [1.807, 2.05) is 32.8 Å². The molecule has 0 bridgehead atoms. The number of ether oxygens (including phenoxy) is 1. The highest BCUT2D eigenvalue weighted by Gasteiger charge is 2.49. The summed E-state index contributed by atoms with van der Waals surface area (Å²) in [6.07, 6.45) is -7.12. The number of sulfone groups is 1. The molecule has 1 saturated heterocycles. The molecule has 2 amide bonds. The number of halogens is 1. The predicted octanol–water partition coefficient (Wildman–Crippen LogP) is 2.52. The zero-order valence-corrected chi connectivity index (χ0v) is 26.3. The monoisotopic (exact) mass is 637 g/mol. The molecule has 6 N–H and O–H groups in total. The number of nitrogens with zero attached hydrogens (tertiary/aromatic N) is 1. The van der Waals surface area contributed by atoms with Crippen molar-refractivity contribution in [3.63, 3.8) is 0 Å². The lowest BCUT2D eigenvalue weighted by atomic mass is 9.69. The van der Waals surface area contributed by atoms with Gasteiger partial charge in [0.2, 0.25) is 0 Å². The summed E-state index contributed by atoms with van der Waals surface area (Å²) in [4.78, 5) is 14.9. The Balaban J connectivity index is 1.72. The number of aliphatic hydroxyl groups excluding tert-OH is 4. The van der Waals surface area contributed by atoms with Gasteiger partial charge in [-0.2, -0.15) is 0 Å². The molecule has 2 aromatic rings. The van der Waals surface area contributed by atoms with Crippen LogP contribution in [0.5, 0.6) is 0 Å². The van der Waals surface area contributed by atoms with Crippen LogP contribution in [0.25, 0.3) is 0 Å². The van der Waals surface area contributed by atoms with Gasteiger partial charge in [0.25, 0.3) is 0 Å². The van der Waals surface area contributed by atoms with Gasteiger partial charge >= 0.3 is 6.03 Å². The number of fused-ring (bicyclic) bond motifs is 1. The van der Waals surface area contributed by atoms with Gasteiger partial charge in [-0.3, -0.25) is 0 Å². The van der Waals surface area contributed by atoms with Gasteiger partial charge in [0.15, 0.2) is 22.2 Å². The number of benzene rings is 2. The highest BCUT2D eigenvalue weighted by atomic mass is 32.2. The zero-order chi connectivity index (χ0) is 32.4. The Morgan fingerprint density at radius 2 is 1.84 bits per heavy atom. The van der Waals surface area contributed by atoms with Crippen molar-refractivity contribution in [3.05, 3.63) is 53.6 Å². The SMILES string of the molecule is CCCC[C@]1(CC)CS(=O)(=O)c2ccc(N(C)C)cc2[C@@H](c2cccc(NC(=O)N[C@@H]3O[C@H](CO)[C@@H](F)[C@H](O)[C@H]3O)c2)[C@H]1O. The number of amides is 2. The molecule has 0 unspecified atom stereocenters. The van der Waals surface area contributed by atoms with Crippen molar-refractivity contribution in [1.82, 2.24) is 5.32 Å². The molecule has 13 heteroatoms. The highest BCUT2D eigenvalue weighted by molar-refractivity contribution is 7.91. The summed E-state index contributed by atoms with van der Waals surface area (Å²) in [6.45, 7) is 3.16. The number of urea groups is 1. The molecule has 44 heavy (non-hydrogen) atoms. The van der Waals surface area contributed by atoms with Gasteiger partial charge in [0.1, 0.15) is 18.3 Å². The highest BCUT2D eigenvalue weighted by Crippen LogP contribution is 2.49. The van der Waals surface area contributed by atoms with E-state index in [4.69, 9.17) is 4.74 Å². The third-order valence-electron chi connectivity index (χ3n) is 8.95. The minimum Gasteiger partial charge on any atom is -0.394 e. The predicted molar refractivity (Wildman–Crippen MR) is 164 cm³/mol. The van der Waals surface area contributed by atoms with Crippen molar-refractivity contribution >= 4 is 27.2 Å². The molecular formula is C31H44FN3O8S. The Bertz CT molecular complexity index is 1420. The van der Waals surface area contributed by atoms with Crippen LogP contribution in [0.3, 0.4) is 0 Å². The molecular weight excluding hydrogens is 593 g/mol. The topological polar surface area (TPSA) is 169 Å². The minimum absolute atomic E-state index is 0.168. The molecule has 2 aromatic carbocycles. The molecule has 244 valence electrons. The molecule has 2 aliphatic heterocycles. The molecule has 0 aromatic heterocycles. The molecule has 0 saturated carbocycles. The normalized spacial score (nSPS) is 31.4. The maximum Gasteiger partial charge on any atom is 0.321 e. The Morgan fingerprint density at radius 1 is 1.11 bits per heavy atom. The summed E-state index contributed by atoms with van der Waals surface area (Å²) < 4.78 is 47.1. The lowest BCUT2D eigenvalue weighted by Crippen LogP contribution is -2.62. The second-order valence-electron chi connectivity index (χ2n) is 12.0. The Kier molecular flexibility index (Phi) is 10.6. The second kappa shape index (κ2) is 13.7. The van der Waals surface area contributed by atoms with E-state index in [-0.39, 0.29) is 10.6 Å². The summed E-state index contributed by atoms with van der Waals surface area (Å²) >= 11 is 0. The van der Waals surface area contributed by atoms with Crippen LogP contribution >= 0.6 is 0 Å². The van der Waals surface area contributed by atoms with Gasteiger partial charge in [0.05, 0.1) is 23.4 Å². The fraction of sp³-hybridized carbons (Fsp3) is 0.581. The molecule has 2 aliphatic rings. The van der Waals surface area contributed by atoms with Crippen molar-refractivity contribution in [2.45, 2.75) is 87.2 Å². The summed E-state index contributed by atoms with van der Waals surface area (Å²) in [5.74, 6) is -0.929. The van der Waals surface area contributed by atoms with Crippen LogP contribution in [-0.4, -0.2) is 98.1 Å². The van der Waals surface area contributed by atoms with Crippen LogP contribution in [0.4, 0.5) is 20.6 Å². The van der Waals surface area contributed by atoms with Crippen molar-refractivity contribution in [2.75, 3.05) is 36.7 Å². The number of aliphatic hydroxyl groups is 4. The second-order valence-corrected chi connectivity index (χ2v) is 14.0. The van der Waals surface area contributed by atoms with Crippen LogP contribution in [0.1, 0.15) is 56.6 Å². The molecule has 2 heterocycles. The zero-order valence-electron chi connectivity index (χ0n) is 25.5. The molecule has 0 aliphatic carbocycles. The Hall–Kier alpha value is -2.81. The number of carbonyl (C=O) groups is 1. The Labute approximate surface area is 258 Å². The number of unbranched alkanes of at least 4 members (excludes halogenated alkanes) is 1. The van der Waals surface area contributed by atoms with Gasteiger partial charge in [-0.1, -0.05) is 38.8 Å². The lowest BCUT2D eigenvalue weighted by Gasteiger charge is -2.39. The summed E-state index contributed by atoms with van der Waals surface area (Å²) in [5.41, 5.74) is 1.22. The number of rotatable bonds is 9. The van der Waals surface area contributed by atoms with Gasteiger partial charge in [-0.15, -0.1) is 0 Å². The van der Waals surface area contributed by atoms with Crippen molar-refractivity contribution < 1.29 is 42.8 Å². The minimum atomic E-state index is -3.77. The largest absolute Gasteiger partial charge is 0.394 e. The molecule has 0 spiro atoms. The standard InChI is InChI=1S/C31H44FN3O8S/c1-5-7-13-31(6-2)17-44(41,42)23-12-11-20(35(3)4)15-21(23)24(28(31)39)18-9-8-10-19(14-18)33-30(40)34-29-27(38)26(37)25(32)22(16-36)43-29/h8-12,14-15,22,24-29,36-39H,5-7,13,16-17H2,1-4H3,(H2,33,34,40)/t22-,24-,25-,26+,27-,28-,29-,31-/m1/s1. The first-order valence-electron chi connectivity index (χ1n) is 14.9. The van der Waals surface area contributed by atoms with Gasteiger partial charge in [-0.05, 0) is 54.3 Å². The Morgan fingerprint density at radius 3 is 2.48 bits per heavy atom. The van der Waals surface area contributed by atoms with Crippen LogP contribution in [0.15, 0.2) is 47.4 Å². The molecule has 0 radical (unpaired) electrons. The van der Waals surface area contributed by atoms with Gasteiger partial charge in [-0.25, -0.2) is 17.6 Å². The first kappa shape index (κ1) is 34.1. The van der Waals surface area contributed by atoms with E-state index in [0.29, 0.717) is 29.7 Å². The fourth-order valence-corrected chi connectivity index (χ4v) is 8.56. The van der Waals surface area contributed by atoms with Gasteiger partial charge in [0, 0.05) is 36.8 Å². The van der Waals surface area contributed by atoms with E-state index in [0.717, 1.165) is 18.5 Å². The average molecular weight is 638 g/mol. The first-order valence-corrected chi connectivity index (χ1v) is 16.6. The quantitative estimate of drug-likeness (QED) is 0.242. The number of nitrogens with one attached hydrogen (secondary N) is 2. The van der Waals surface area contributed by atoms with Crippen molar-refractivity contribution in [1.29, 1.82) is 0 Å². The molecule has 8 atom stereocenters. The van der Waals surface area contributed by atoms with Crippen LogP contribution in [0.2, 0.25) is 0 Å².